The molecule has 4 heterocycles. The zero-order valence-corrected chi connectivity index (χ0v) is 17.7. The molecule has 8 heteroatoms. The van der Waals surface area contributed by atoms with Crippen LogP contribution in [0, 0.1) is 11.8 Å². The molecule has 164 valence electrons. The topological polar surface area (TPSA) is 101 Å². The van der Waals surface area contributed by atoms with E-state index in [0.717, 1.165) is 32.0 Å². The van der Waals surface area contributed by atoms with Crippen molar-refractivity contribution in [2.75, 3.05) is 26.2 Å². The number of primary amides is 1. The summed E-state index contributed by atoms with van der Waals surface area (Å²) in [6.07, 6.45) is 12.0. The number of nitrogens with zero attached hydrogens (tertiary/aromatic N) is 1. The molecule has 8 nitrogen and oxygen atoms in total. The van der Waals surface area contributed by atoms with Gasteiger partial charge in [-0.2, -0.15) is 5.48 Å². The van der Waals surface area contributed by atoms with Crippen LogP contribution in [0.3, 0.4) is 0 Å². The van der Waals surface area contributed by atoms with E-state index in [1.165, 1.54) is 58.0 Å². The number of carbonyl (C=O) groups is 1. The van der Waals surface area contributed by atoms with E-state index in [0.29, 0.717) is 18.1 Å². The molecule has 0 bridgehead atoms. The molecule has 0 aromatic carbocycles. The molecule has 6 atom stereocenters. The Kier molecular flexibility index (Phi) is 6.09. The predicted octanol–water partition coefficient (Wildman–Crippen LogP) is -2.14. The second-order valence-electron chi connectivity index (χ2n) is 10.1. The van der Waals surface area contributed by atoms with Crippen LogP contribution >= 0.6 is 0 Å². The monoisotopic (exact) mass is 408 g/mol. The van der Waals surface area contributed by atoms with Gasteiger partial charge in [0.25, 0.3) is 0 Å². The van der Waals surface area contributed by atoms with Gasteiger partial charge in [0.15, 0.2) is 6.23 Å². The third-order valence-electron chi connectivity index (χ3n) is 8.51. The molecular weight excluding hydrogens is 368 g/mol. The summed E-state index contributed by atoms with van der Waals surface area (Å²) < 4.78 is 0. The number of hydrogen-bond donors (Lipinski definition) is 5. The van der Waals surface area contributed by atoms with Crippen molar-refractivity contribution >= 4 is 5.91 Å². The van der Waals surface area contributed by atoms with Crippen LogP contribution < -0.4 is 26.7 Å². The molecule has 5 fully saturated rings. The Bertz CT molecular complexity index is 580. The van der Waals surface area contributed by atoms with Crippen LogP contribution in [0.2, 0.25) is 0 Å². The third-order valence-corrected chi connectivity index (χ3v) is 8.51. The molecule has 1 aliphatic carbocycles. The molecule has 0 aromatic rings. The molecule has 7 N–H and O–H groups in total. The number of carbonyl (C=O) groups excluding carboxylic acids is 1. The highest BCUT2D eigenvalue weighted by atomic mass is 16.7. The first-order valence-corrected chi connectivity index (χ1v) is 12.1. The van der Waals surface area contributed by atoms with Gasteiger partial charge in [-0.1, -0.05) is 0 Å². The van der Waals surface area contributed by atoms with Crippen LogP contribution in [-0.4, -0.2) is 67.6 Å². The quantitative estimate of drug-likeness (QED) is 0.358. The molecule has 5 aliphatic rings. The number of rotatable bonds is 5. The summed E-state index contributed by atoms with van der Waals surface area (Å²) in [4.78, 5) is 21.9. The lowest BCUT2D eigenvalue weighted by Gasteiger charge is -2.40. The summed E-state index contributed by atoms with van der Waals surface area (Å²) in [6.45, 7) is 4.48. The molecule has 5 rings (SSSR count). The highest BCUT2D eigenvalue weighted by molar-refractivity contribution is 5.76. The SMILES string of the molecule is NC(=O)C1CCN(C2CC(C3NOC([C@H]4CCC[NH+]4C4CCC4)N3)CC[NH2+]2)CC1. The molecule has 29 heavy (non-hydrogen) atoms. The molecule has 5 unspecified atom stereocenters. The zero-order valence-electron chi connectivity index (χ0n) is 17.7. The van der Waals surface area contributed by atoms with Crippen molar-refractivity contribution < 1.29 is 19.8 Å². The van der Waals surface area contributed by atoms with Gasteiger partial charge in [-0.15, -0.1) is 0 Å². The number of quaternary nitrogens is 2. The molecule has 4 aliphatic heterocycles. The number of hydrogen-bond acceptors (Lipinski definition) is 5. The molecule has 1 saturated carbocycles. The van der Waals surface area contributed by atoms with E-state index < -0.39 is 0 Å². The lowest BCUT2D eigenvalue weighted by Crippen LogP contribution is -3.19. The van der Waals surface area contributed by atoms with Crippen molar-refractivity contribution in [3.63, 3.8) is 0 Å². The summed E-state index contributed by atoms with van der Waals surface area (Å²) in [6, 6.07) is 1.49. The first kappa shape index (κ1) is 20.2. The van der Waals surface area contributed by atoms with Crippen molar-refractivity contribution in [2.24, 2.45) is 17.6 Å². The number of amides is 1. The van der Waals surface area contributed by atoms with Gasteiger partial charge in [-0.3, -0.25) is 19.8 Å². The van der Waals surface area contributed by atoms with Crippen LogP contribution in [0.25, 0.3) is 0 Å². The summed E-state index contributed by atoms with van der Waals surface area (Å²) >= 11 is 0. The van der Waals surface area contributed by atoms with Gasteiger partial charge in [0.1, 0.15) is 12.2 Å². The van der Waals surface area contributed by atoms with E-state index in [4.69, 9.17) is 10.6 Å². The van der Waals surface area contributed by atoms with E-state index in [-0.39, 0.29) is 24.2 Å². The lowest BCUT2D eigenvalue weighted by molar-refractivity contribution is -0.946. The minimum atomic E-state index is -0.123. The Balaban J connectivity index is 1.13. The molecule has 0 radical (unpaired) electrons. The summed E-state index contributed by atoms with van der Waals surface area (Å²) in [7, 11) is 0. The lowest BCUT2D eigenvalue weighted by atomic mass is 9.89. The fourth-order valence-corrected chi connectivity index (χ4v) is 6.49. The van der Waals surface area contributed by atoms with E-state index in [1.54, 1.807) is 4.90 Å². The van der Waals surface area contributed by atoms with Crippen molar-refractivity contribution in [2.45, 2.75) is 88.4 Å². The van der Waals surface area contributed by atoms with Crippen LogP contribution in [0.15, 0.2) is 0 Å². The van der Waals surface area contributed by atoms with Gasteiger partial charge in [-0.05, 0) is 32.1 Å². The number of hydroxylamine groups is 1. The highest BCUT2D eigenvalue weighted by Crippen LogP contribution is 2.25. The van der Waals surface area contributed by atoms with E-state index in [1.807, 2.05) is 0 Å². The maximum absolute atomic E-state index is 11.5. The van der Waals surface area contributed by atoms with Crippen molar-refractivity contribution in [3.05, 3.63) is 0 Å². The molecule has 0 spiro atoms. The minimum absolute atomic E-state index is 0.0745. The molecule has 1 amide bonds. The zero-order chi connectivity index (χ0) is 19.8. The number of likely N-dealkylation sites (tertiary alicyclic amines) is 2. The number of piperidine rings is 2. The summed E-state index contributed by atoms with van der Waals surface area (Å²) in [5.74, 6) is 0.547. The van der Waals surface area contributed by atoms with E-state index >= 15 is 0 Å². The van der Waals surface area contributed by atoms with Crippen molar-refractivity contribution in [3.8, 4) is 0 Å². The van der Waals surface area contributed by atoms with Gasteiger partial charge in [-0.25, -0.2) is 0 Å². The van der Waals surface area contributed by atoms with Gasteiger partial charge in [0.2, 0.25) is 5.91 Å². The second-order valence-corrected chi connectivity index (χ2v) is 10.1. The Morgan fingerprint density at radius 2 is 1.93 bits per heavy atom. The average Bonchev–Trinajstić information content (AvgIpc) is 3.36. The van der Waals surface area contributed by atoms with Crippen LogP contribution in [0.1, 0.15) is 57.8 Å². The van der Waals surface area contributed by atoms with Crippen LogP contribution in [0.5, 0.6) is 0 Å². The van der Waals surface area contributed by atoms with E-state index in [9.17, 15) is 4.79 Å². The second kappa shape index (κ2) is 8.77. The van der Waals surface area contributed by atoms with Crippen LogP contribution in [0.4, 0.5) is 0 Å². The standard InChI is InChI=1S/C21H38N6O2/c22-19(28)14-7-11-26(12-8-14)18-13-15(6-9-23-18)20-24-21(29-25-20)17-5-2-10-27(17)16-3-1-4-16/h14-18,20-21,23-25H,1-13H2,(H2,22,28)/p+2/t15?,17-,18?,20?,21?/m1/s1. The smallest absolute Gasteiger partial charge is 0.220 e. The van der Waals surface area contributed by atoms with Gasteiger partial charge >= 0.3 is 0 Å². The maximum Gasteiger partial charge on any atom is 0.220 e. The normalized spacial score (nSPS) is 42.8. The number of nitrogens with two attached hydrogens (primary N) is 2. The van der Waals surface area contributed by atoms with Crippen molar-refractivity contribution in [1.29, 1.82) is 0 Å². The molecule has 0 aromatic heterocycles. The predicted molar refractivity (Wildman–Crippen MR) is 108 cm³/mol. The Hall–Kier alpha value is -0.770. The Morgan fingerprint density at radius 1 is 1.10 bits per heavy atom. The largest absolute Gasteiger partial charge is 0.369 e. The number of nitrogens with one attached hydrogen (secondary N) is 3. The first-order valence-electron chi connectivity index (χ1n) is 12.1. The third kappa shape index (κ3) is 4.20. The van der Waals surface area contributed by atoms with Gasteiger partial charge in [0.05, 0.1) is 25.3 Å². The molecule has 4 saturated heterocycles. The van der Waals surface area contributed by atoms with Gasteiger partial charge in [0, 0.05) is 50.6 Å². The maximum atomic E-state index is 11.5. The average molecular weight is 409 g/mol. The molecular formula is C21H40N6O2+2. The summed E-state index contributed by atoms with van der Waals surface area (Å²) in [5.41, 5.74) is 8.88. The first-order chi connectivity index (χ1) is 14.2. The Morgan fingerprint density at radius 3 is 2.66 bits per heavy atom. The Labute approximate surface area is 174 Å². The minimum Gasteiger partial charge on any atom is -0.369 e. The fraction of sp³-hybridized carbons (Fsp3) is 0.952. The fourth-order valence-electron chi connectivity index (χ4n) is 6.49. The van der Waals surface area contributed by atoms with Gasteiger partial charge < -0.3 is 16.0 Å². The summed E-state index contributed by atoms with van der Waals surface area (Å²) in [5, 5.41) is 6.33. The van der Waals surface area contributed by atoms with E-state index in [2.05, 4.69) is 21.0 Å². The highest BCUT2D eigenvalue weighted by Gasteiger charge is 2.47. The van der Waals surface area contributed by atoms with Crippen molar-refractivity contribution in [1.82, 2.24) is 15.7 Å². The van der Waals surface area contributed by atoms with Crippen LogP contribution in [-0.2, 0) is 9.63 Å².